The average molecular weight is 327 g/mol. The molecule has 0 saturated heterocycles. The number of hydrogen-bond donors (Lipinski definition) is 0. The molecular formula is C18H21N3O3. The Labute approximate surface area is 141 Å². The lowest BCUT2D eigenvalue weighted by molar-refractivity contribution is -0.384. The molecule has 0 N–H and O–H groups in total. The van der Waals surface area contributed by atoms with Crippen LogP contribution in [0.25, 0.3) is 6.08 Å². The van der Waals surface area contributed by atoms with Crippen molar-refractivity contribution in [2.75, 3.05) is 6.54 Å². The molecule has 0 bridgehead atoms. The van der Waals surface area contributed by atoms with E-state index >= 15 is 0 Å². The summed E-state index contributed by atoms with van der Waals surface area (Å²) in [6, 6.07) is 10.1. The number of hydrogen-bond acceptors (Lipinski definition) is 3. The minimum absolute atomic E-state index is 0.0368. The van der Waals surface area contributed by atoms with Gasteiger partial charge < -0.3 is 9.47 Å². The van der Waals surface area contributed by atoms with Gasteiger partial charge in [0.25, 0.3) is 5.69 Å². The molecule has 1 amide bonds. The van der Waals surface area contributed by atoms with Gasteiger partial charge in [-0.05, 0) is 42.3 Å². The minimum atomic E-state index is -0.443. The zero-order valence-electron chi connectivity index (χ0n) is 13.9. The van der Waals surface area contributed by atoms with Crippen LogP contribution in [-0.4, -0.2) is 26.8 Å². The summed E-state index contributed by atoms with van der Waals surface area (Å²) in [6.07, 6.45) is 6.03. The van der Waals surface area contributed by atoms with Crippen molar-refractivity contribution in [1.29, 1.82) is 0 Å². The monoisotopic (exact) mass is 327 g/mol. The number of nitrogens with zero attached hydrogens (tertiary/aromatic N) is 3. The van der Waals surface area contributed by atoms with Crippen molar-refractivity contribution in [3.63, 3.8) is 0 Å². The first-order valence-electron chi connectivity index (χ1n) is 7.83. The maximum Gasteiger partial charge on any atom is 0.269 e. The van der Waals surface area contributed by atoms with Crippen LogP contribution in [-0.2, 0) is 18.4 Å². The van der Waals surface area contributed by atoms with Crippen molar-refractivity contribution in [1.82, 2.24) is 9.47 Å². The molecule has 6 heteroatoms. The topological polar surface area (TPSA) is 68.4 Å². The normalized spacial score (nSPS) is 10.9. The minimum Gasteiger partial charge on any atom is -0.353 e. The van der Waals surface area contributed by atoms with Gasteiger partial charge in [-0.3, -0.25) is 14.9 Å². The predicted molar refractivity (Wildman–Crippen MR) is 93.3 cm³/mol. The Bertz CT molecular complexity index is 732. The largest absolute Gasteiger partial charge is 0.353 e. The summed E-state index contributed by atoms with van der Waals surface area (Å²) in [4.78, 5) is 24.4. The Hall–Kier alpha value is -2.89. The Morgan fingerprint density at radius 3 is 2.54 bits per heavy atom. The highest BCUT2D eigenvalue weighted by Gasteiger charge is 2.12. The van der Waals surface area contributed by atoms with E-state index in [0.29, 0.717) is 13.1 Å². The zero-order chi connectivity index (χ0) is 17.5. The molecule has 0 unspecified atom stereocenters. The van der Waals surface area contributed by atoms with Gasteiger partial charge in [-0.2, -0.15) is 0 Å². The molecule has 0 aliphatic heterocycles. The highest BCUT2D eigenvalue weighted by Crippen LogP contribution is 2.13. The molecule has 2 aromatic rings. The molecule has 0 spiro atoms. The SMILES string of the molecule is CCCN(Cc1cccn1C)C(=O)C=Cc1ccc([N+](=O)[O-])cc1. The Morgan fingerprint density at radius 1 is 1.29 bits per heavy atom. The van der Waals surface area contributed by atoms with Crippen LogP contribution in [0.1, 0.15) is 24.6 Å². The number of nitro groups is 1. The second-order valence-electron chi connectivity index (χ2n) is 5.55. The predicted octanol–water partition coefficient (Wildman–Crippen LogP) is 3.39. The first-order chi connectivity index (χ1) is 11.5. The van der Waals surface area contributed by atoms with E-state index in [-0.39, 0.29) is 11.6 Å². The number of nitro benzene ring substituents is 1. The van der Waals surface area contributed by atoms with Crippen molar-refractivity contribution in [2.24, 2.45) is 7.05 Å². The van der Waals surface area contributed by atoms with E-state index in [1.807, 2.05) is 36.9 Å². The number of carbonyl (C=O) groups is 1. The highest BCUT2D eigenvalue weighted by molar-refractivity contribution is 5.91. The van der Waals surface area contributed by atoms with Gasteiger partial charge >= 0.3 is 0 Å². The summed E-state index contributed by atoms with van der Waals surface area (Å²) in [5, 5.41) is 10.6. The van der Waals surface area contributed by atoms with Crippen molar-refractivity contribution in [3.05, 3.63) is 70.0 Å². The van der Waals surface area contributed by atoms with Gasteiger partial charge in [0.1, 0.15) is 0 Å². The van der Waals surface area contributed by atoms with Gasteiger partial charge in [0.15, 0.2) is 0 Å². The molecule has 2 rings (SSSR count). The summed E-state index contributed by atoms with van der Waals surface area (Å²) < 4.78 is 2.00. The van der Waals surface area contributed by atoms with Crippen molar-refractivity contribution in [2.45, 2.75) is 19.9 Å². The van der Waals surface area contributed by atoms with Crippen LogP contribution >= 0.6 is 0 Å². The van der Waals surface area contributed by atoms with E-state index in [1.54, 1.807) is 23.1 Å². The fourth-order valence-corrected chi connectivity index (χ4v) is 2.37. The molecule has 0 fully saturated rings. The lowest BCUT2D eigenvalue weighted by atomic mass is 10.2. The average Bonchev–Trinajstić information content (AvgIpc) is 2.97. The summed E-state index contributed by atoms with van der Waals surface area (Å²) in [5.74, 6) is -0.0728. The number of carbonyl (C=O) groups excluding carboxylic acids is 1. The standard InChI is InChI=1S/C18H21N3O3/c1-3-12-20(14-17-5-4-13-19(17)2)18(22)11-8-15-6-9-16(10-7-15)21(23)24/h4-11,13H,3,12,14H2,1-2H3. The van der Waals surface area contributed by atoms with Gasteiger partial charge in [-0.15, -0.1) is 0 Å². The molecule has 1 aromatic heterocycles. The molecule has 126 valence electrons. The van der Waals surface area contributed by atoms with Crippen molar-refractivity contribution < 1.29 is 9.72 Å². The molecule has 0 radical (unpaired) electrons. The van der Waals surface area contributed by atoms with Crippen LogP contribution in [0.4, 0.5) is 5.69 Å². The number of rotatable bonds is 7. The number of non-ortho nitro benzene ring substituents is 1. The van der Waals surface area contributed by atoms with Gasteiger partial charge in [0.05, 0.1) is 11.5 Å². The van der Waals surface area contributed by atoms with Crippen molar-refractivity contribution in [3.8, 4) is 0 Å². The Balaban J connectivity index is 2.06. The number of amides is 1. The number of benzene rings is 1. The molecular weight excluding hydrogens is 306 g/mol. The van der Waals surface area contributed by atoms with E-state index in [9.17, 15) is 14.9 Å². The third-order valence-electron chi connectivity index (χ3n) is 3.73. The number of aryl methyl sites for hydroxylation is 1. The molecule has 0 aliphatic carbocycles. The van der Waals surface area contributed by atoms with Crippen LogP contribution < -0.4 is 0 Å². The third-order valence-corrected chi connectivity index (χ3v) is 3.73. The second kappa shape index (κ2) is 8.10. The zero-order valence-corrected chi connectivity index (χ0v) is 13.9. The van der Waals surface area contributed by atoms with Crippen LogP contribution in [0.5, 0.6) is 0 Å². The number of aromatic nitrogens is 1. The Kier molecular flexibility index (Phi) is 5.89. The molecule has 6 nitrogen and oxygen atoms in total. The first-order valence-corrected chi connectivity index (χ1v) is 7.83. The van der Waals surface area contributed by atoms with E-state index in [0.717, 1.165) is 17.7 Å². The van der Waals surface area contributed by atoms with Crippen LogP contribution in [0, 0.1) is 10.1 Å². The Morgan fingerprint density at radius 2 is 2.00 bits per heavy atom. The third kappa shape index (κ3) is 4.55. The molecule has 0 aliphatic rings. The van der Waals surface area contributed by atoms with E-state index in [2.05, 4.69) is 0 Å². The van der Waals surface area contributed by atoms with E-state index in [4.69, 9.17) is 0 Å². The maximum atomic E-state index is 12.4. The van der Waals surface area contributed by atoms with E-state index in [1.165, 1.54) is 18.2 Å². The van der Waals surface area contributed by atoms with Gasteiger partial charge in [-0.1, -0.05) is 6.92 Å². The molecule has 1 heterocycles. The lowest BCUT2D eigenvalue weighted by Crippen LogP contribution is -2.30. The van der Waals surface area contributed by atoms with Crippen molar-refractivity contribution >= 4 is 17.7 Å². The molecule has 0 atom stereocenters. The second-order valence-corrected chi connectivity index (χ2v) is 5.55. The highest BCUT2D eigenvalue weighted by atomic mass is 16.6. The first kappa shape index (κ1) is 17.5. The quantitative estimate of drug-likeness (QED) is 0.445. The maximum absolute atomic E-state index is 12.4. The molecule has 0 saturated carbocycles. The van der Waals surface area contributed by atoms with Crippen LogP contribution in [0.2, 0.25) is 0 Å². The van der Waals surface area contributed by atoms with Crippen LogP contribution in [0.3, 0.4) is 0 Å². The summed E-state index contributed by atoms with van der Waals surface area (Å²) in [5.41, 5.74) is 1.86. The fraction of sp³-hybridized carbons (Fsp3) is 0.278. The van der Waals surface area contributed by atoms with Crippen LogP contribution in [0.15, 0.2) is 48.7 Å². The smallest absolute Gasteiger partial charge is 0.269 e. The molecule has 24 heavy (non-hydrogen) atoms. The lowest BCUT2D eigenvalue weighted by Gasteiger charge is -2.21. The summed E-state index contributed by atoms with van der Waals surface area (Å²) in [6.45, 7) is 3.26. The van der Waals surface area contributed by atoms with Gasteiger partial charge in [-0.25, -0.2) is 0 Å². The van der Waals surface area contributed by atoms with Gasteiger partial charge in [0.2, 0.25) is 5.91 Å². The summed E-state index contributed by atoms with van der Waals surface area (Å²) >= 11 is 0. The fourth-order valence-electron chi connectivity index (χ4n) is 2.37. The summed E-state index contributed by atoms with van der Waals surface area (Å²) in [7, 11) is 1.96. The van der Waals surface area contributed by atoms with Gasteiger partial charge in [0, 0.05) is 43.7 Å². The van der Waals surface area contributed by atoms with E-state index < -0.39 is 4.92 Å². The molecule has 1 aromatic carbocycles.